The molecule has 0 heterocycles. The van der Waals surface area contributed by atoms with Crippen molar-refractivity contribution < 1.29 is 19.1 Å². The van der Waals surface area contributed by atoms with Gasteiger partial charge in [-0.1, -0.05) is 56.0 Å². The number of nitrogens with zero attached hydrogens (tertiary/aromatic N) is 1. The number of ether oxygens (including phenoxy) is 2. The molecule has 0 aliphatic carbocycles. The average molecular weight is 467 g/mol. The van der Waals surface area contributed by atoms with Crippen LogP contribution >= 0.6 is 0 Å². The van der Waals surface area contributed by atoms with Crippen LogP contribution < -0.4 is 9.22 Å². The quantitative estimate of drug-likeness (QED) is 0.140. The van der Waals surface area contributed by atoms with E-state index in [9.17, 15) is 9.59 Å². The van der Waals surface area contributed by atoms with E-state index in [-0.39, 0.29) is 11.8 Å². The van der Waals surface area contributed by atoms with Crippen molar-refractivity contribution in [2.45, 2.75) is 51.9 Å². The van der Waals surface area contributed by atoms with E-state index in [4.69, 9.17) is 9.47 Å². The lowest BCUT2D eigenvalue weighted by molar-refractivity contribution is -0.143. The Bertz CT molecular complexity index is 926. The summed E-state index contributed by atoms with van der Waals surface area (Å²) in [5, 5.41) is 0. The highest BCUT2D eigenvalue weighted by Crippen LogP contribution is 2.20. The number of allylic oxidation sites excluding steroid dienone is 1. The summed E-state index contributed by atoms with van der Waals surface area (Å²) in [6, 6.07) is 15.9. The molecule has 0 radical (unpaired) electrons. The molecular formula is C29H40NO4+. The van der Waals surface area contributed by atoms with Crippen molar-refractivity contribution in [3.05, 3.63) is 65.7 Å². The number of hydrogen-bond donors (Lipinski definition) is 0. The van der Waals surface area contributed by atoms with Gasteiger partial charge in [-0.15, -0.1) is 0 Å². The van der Waals surface area contributed by atoms with Crippen LogP contribution in [0, 0.1) is 0 Å². The zero-order valence-electron chi connectivity index (χ0n) is 21.2. The third-order valence-corrected chi connectivity index (χ3v) is 5.54. The zero-order valence-corrected chi connectivity index (χ0v) is 21.2. The first-order valence-electron chi connectivity index (χ1n) is 12.2. The molecule has 0 N–H and O–H groups in total. The number of ketones is 1. The zero-order chi connectivity index (χ0) is 24.8. The number of rotatable bonds is 15. The maximum absolute atomic E-state index is 12.1. The standard InChI is InChI=1S/C29H40NO4/c1-24(31)15-18-26-13-9-10-14-28(26)33-21-11-7-5-6-8-12-22-34-29(32)23-25-16-19-27(20-17-25)30(2,3)4/h9-10,13-20H,5-8,11-12,21-23H2,1-4H3/q+1. The van der Waals surface area contributed by atoms with Gasteiger partial charge in [0.2, 0.25) is 0 Å². The summed E-state index contributed by atoms with van der Waals surface area (Å²) in [7, 11) is 6.36. The Labute approximate surface area is 205 Å². The molecule has 0 saturated heterocycles. The average Bonchev–Trinajstić information content (AvgIpc) is 2.79. The van der Waals surface area contributed by atoms with E-state index in [1.807, 2.05) is 36.4 Å². The number of quaternary nitrogens is 1. The summed E-state index contributed by atoms with van der Waals surface area (Å²) in [6.07, 6.45) is 10.0. The second-order valence-corrected chi connectivity index (χ2v) is 9.53. The van der Waals surface area contributed by atoms with Crippen molar-refractivity contribution in [2.24, 2.45) is 0 Å². The van der Waals surface area contributed by atoms with E-state index in [0.29, 0.717) is 19.6 Å². The maximum atomic E-state index is 12.1. The highest BCUT2D eigenvalue weighted by Gasteiger charge is 2.12. The molecule has 0 aromatic heterocycles. The highest BCUT2D eigenvalue weighted by atomic mass is 16.5. The van der Waals surface area contributed by atoms with Gasteiger partial charge in [-0.3, -0.25) is 14.1 Å². The van der Waals surface area contributed by atoms with Gasteiger partial charge < -0.3 is 9.47 Å². The van der Waals surface area contributed by atoms with Gasteiger partial charge in [0, 0.05) is 5.56 Å². The van der Waals surface area contributed by atoms with Crippen LogP contribution in [0.15, 0.2) is 54.6 Å². The third kappa shape index (κ3) is 10.8. The topological polar surface area (TPSA) is 52.6 Å². The molecule has 34 heavy (non-hydrogen) atoms. The predicted molar refractivity (Wildman–Crippen MR) is 140 cm³/mol. The molecule has 0 aliphatic heterocycles. The summed E-state index contributed by atoms with van der Waals surface area (Å²) in [6.45, 7) is 2.69. The Hall–Kier alpha value is -2.92. The third-order valence-electron chi connectivity index (χ3n) is 5.54. The Morgan fingerprint density at radius 2 is 1.44 bits per heavy atom. The Morgan fingerprint density at radius 1 is 0.824 bits per heavy atom. The molecule has 2 rings (SSSR count). The summed E-state index contributed by atoms with van der Waals surface area (Å²) in [5.74, 6) is 0.676. The fraction of sp³-hybridized carbons (Fsp3) is 0.448. The molecule has 0 bridgehead atoms. The van der Waals surface area contributed by atoms with Crippen LogP contribution in [0.1, 0.15) is 56.6 Å². The molecule has 0 saturated carbocycles. The molecular weight excluding hydrogens is 426 g/mol. The number of esters is 1. The van der Waals surface area contributed by atoms with Crippen LogP contribution in [-0.2, 0) is 20.7 Å². The van der Waals surface area contributed by atoms with E-state index >= 15 is 0 Å². The molecule has 5 nitrogen and oxygen atoms in total. The van der Waals surface area contributed by atoms with E-state index in [2.05, 4.69) is 33.3 Å². The number of carbonyl (C=O) groups excluding carboxylic acids is 2. The monoisotopic (exact) mass is 466 g/mol. The van der Waals surface area contributed by atoms with Crippen molar-refractivity contribution in [1.82, 2.24) is 4.48 Å². The van der Waals surface area contributed by atoms with Crippen LogP contribution in [0.25, 0.3) is 6.08 Å². The number of para-hydroxylation sites is 1. The van der Waals surface area contributed by atoms with Gasteiger partial charge in [0.25, 0.3) is 0 Å². The number of benzene rings is 2. The van der Waals surface area contributed by atoms with Gasteiger partial charge in [-0.05, 0) is 55.7 Å². The second-order valence-electron chi connectivity index (χ2n) is 9.53. The lowest BCUT2D eigenvalue weighted by Crippen LogP contribution is -2.34. The highest BCUT2D eigenvalue weighted by molar-refractivity contribution is 5.91. The Balaban J connectivity index is 1.51. The lowest BCUT2D eigenvalue weighted by atomic mass is 10.1. The van der Waals surface area contributed by atoms with E-state index < -0.39 is 0 Å². The number of carbonyl (C=O) groups is 2. The van der Waals surface area contributed by atoms with Gasteiger partial charge in [-0.2, -0.15) is 0 Å². The van der Waals surface area contributed by atoms with E-state index in [1.54, 1.807) is 12.2 Å². The van der Waals surface area contributed by atoms with Crippen molar-refractivity contribution in [2.75, 3.05) is 34.4 Å². The summed E-state index contributed by atoms with van der Waals surface area (Å²) < 4.78 is 12.0. The molecule has 184 valence electrons. The summed E-state index contributed by atoms with van der Waals surface area (Å²) >= 11 is 0. The molecule has 0 fully saturated rings. The summed E-state index contributed by atoms with van der Waals surface area (Å²) in [4.78, 5) is 23.2. The largest absolute Gasteiger partial charge is 0.493 e. The molecule has 0 spiro atoms. The predicted octanol–water partition coefficient (Wildman–Crippen LogP) is 5.99. The van der Waals surface area contributed by atoms with Crippen LogP contribution in [0.5, 0.6) is 5.75 Å². The fourth-order valence-electron chi connectivity index (χ4n) is 3.51. The van der Waals surface area contributed by atoms with Gasteiger partial charge in [-0.25, -0.2) is 0 Å². The Kier molecular flexibility index (Phi) is 11.5. The van der Waals surface area contributed by atoms with Gasteiger partial charge >= 0.3 is 5.97 Å². The van der Waals surface area contributed by atoms with Crippen LogP contribution in [-0.4, -0.2) is 46.1 Å². The molecule has 2 aromatic carbocycles. The SMILES string of the molecule is CC(=O)C=Cc1ccccc1OCCCCCCCCOC(=O)Cc1ccc([N+](C)(C)C)cc1. The maximum Gasteiger partial charge on any atom is 0.310 e. The normalized spacial score (nSPS) is 11.5. The van der Waals surface area contributed by atoms with Crippen LogP contribution in [0.4, 0.5) is 5.69 Å². The molecule has 0 atom stereocenters. The summed E-state index contributed by atoms with van der Waals surface area (Å²) in [5.41, 5.74) is 3.12. The van der Waals surface area contributed by atoms with Crippen LogP contribution in [0.2, 0.25) is 0 Å². The molecule has 5 heteroatoms. The van der Waals surface area contributed by atoms with Crippen LogP contribution in [0.3, 0.4) is 0 Å². The minimum Gasteiger partial charge on any atom is -0.493 e. The van der Waals surface area contributed by atoms with Crippen molar-refractivity contribution in [3.8, 4) is 5.75 Å². The van der Waals surface area contributed by atoms with Crippen molar-refractivity contribution in [3.63, 3.8) is 0 Å². The molecule has 0 aliphatic rings. The Morgan fingerprint density at radius 3 is 2.09 bits per heavy atom. The van der Waals surface area contributed by atoms with Gasteiger partial charge in [0.05, 0.1) is 40.8 Å². The first-order chi connectivity index (χ1) is 16.3. The molecule has 2 aromatic rings. The number of unbranched alkanes of at least 4 members (excludes halogenated alkanes) is 5. The minimum atomic E-state index is -0.159. The van der Waals surface area contributed by atoms with E-state index in [0.717, 1.165) is 59.9 Å². The van der Waals surface area contributed by atoms with Crippen molar-refractivity contribution >= 4 is 23.5 Å². The van der Waals surface area contributed by atoms with Gasteiger partial charge in [0.15, 0.2) is 5.78 Å². The first-order valence-corrected chi connectivity index (χ1v) is 12.2. The van der Waals surface area contributed by atoms with Crippen molar-refractivity contribution in [1.29, 1.82) is 0 Å². The first kappa shape index (κ1) is 27.3. The fourth-order valence-corrected chi connectivity index (χ4v) is 3.51. The van der Waals surface area contributed by atoms with Gasteiger partial charge in [0.1, 0.15) is 11.4 Å². The molecule has 0 unspecified atom stereocenters. The minimum absolute atomic E-state index is 0.0231. The second kappa shape index (κ2) is 14.4. The smallest absolute Gasteiger partial charge is 0.310 e. The molecule has 0 amide bonds. The number of hydrogen-bond acceptors (Lipinski definition) is 4. The lowest BCUT2D eigenvalue weighted by Gasteiger charge is -2.23. The van der Waals surface area contributed by atoms with E-state index in [1.165, 1.54) is 12.6 Å².